The average Bonchev–Trinajstić information content (AvgIpc) is 2.30. The average molecular weight is 249 g/mol. The van der Waals surface area contributed by atoms with E-state index in [0.29, 0.717) is 6.04 Å². The van der Waals surface area contributed by atoms with Crippen molar-refractivity contribution in [1.82, 2.24) is 10.6 Å². The van der Waals surface area contributed by atoms with E-state index in [-0.39, 0.29) is 0 Å². The molecule has 0 radical (unpaired) electrons. The van der Waals surface area contributed by atoms with E-state index in [0.717, 1.165) is 36.7 Å². The summed E-state index contributed by atoms with van der Waals surface area (Å²) in [4.78, 5) is 0. The fourth-order valence-corrected chi connectivity index (χ4v) is 2.33. The highest BCUT2D eigenvalue weighted by atomic mass is 32.1. The predicted octanol–water partition coefficient (Wildman–Crippen LogP) is 2.03. The Balaban J connectivity index is 1.84. The second-order valence-corrected chi connectivity index (χ2v) is 4.90. The molecule has 1 aliphatic rings. The number of nitrogens with one attached hydrogen (secondary N) is 3. The van der Waals surface area contributed by atoms with Gasteiger partial charge < -0.3 is 16.0 Å². The lowest BCUT2D eigenvalue weighted by Gasteiger charge is -2.25. The molecule has 1 saturated heterocycles. The van der Waals surface area contributed by atoms with Gasteiger partial charge in [-0.05, 0) is 62.8 Å². The van der Waals surface area contributed by atoms with E-state index in [4.69, 9.17) is 12.2 Å². The number of hydrogen-bond acceptors (Lipinski definition) is 2. The fourth-order valence-electron chi connectivity index (χ4n) is 2.04. The van der Waals surface area contributed by atoms with Crippen molar-refractivity contribution in [2.45, 2.75) is 25.8 Å². The predicted molar refractivity (Wildman–Crippen MR) is 76.4 cm³/mol. The molecule has 17 heavy (non-hydrogen) atoms. The van der Waals surface area contributed by atoms with E-state index in [1.807, 2.05) is 12.1 Å². The fraction of sp³-hybridized carbons (Fsp3) is 0.462. The molecule has 0 aromatic heterocycles. The first-order valence-corrected chi connectivity index (χ1v) is 6.50. The highest BCUT2D eigenvalue weighted by Crippen LogP contribution is 2.10. The van der Waals surface area contributed by atoms with Crippen LogP contribution in [0, 0.1) is 6.92 Å². The van der Waals surface area contributed by atoms with Gasteiger partial charge in [-0.1, -0.05) is 12.1 Å². The Labute approximate surface area is 108 Å². The Hall–Kier alpha value is -1.13. The van der Waals surface area contributed by atoms with Crippen molar-refractivity contribution in [3.8, 4) is 0 Å². The lowest BCUT2D eigenvalue weighted by Crippen LogP contribution is -2.44. The van der Waals surface area contributed by atoms with Gasteiger partial charge in [-0.15, -0.1) is 0 Å². The summed E-state index contributed by atoms with van der Waals surface area (Å²) in [6, 6.07) is 8.74. The summed E-state index contributed by atoms with van der Waals surface area (Å²) in [6.45, 7) is 4.23. The smallest absolute Gasteiger partial charge is 0.170 e. The number of anilines is 1. The Morgan fingerprint density at radius 1 is 1.35 bits per heavy atom. The maximum absolute atomic E-state index is 5.32. The number of thiocarbonyl (C=S) groups is 1. The molecule has 1 aliphatic heterocycles. The van der Waals surface area contributed by atoms with Gasteiger partial charge in [-0.2, -0.15) is 0 Å². The molecule has 0 amide bonds. The first kappa shape index (κ1) is 12.3. The third-order valence-electron chi connectivity index (χ3n) is 2.95. The molecule has 0 saturated carbocycles. The molecule has 4 heteroatoms. The molecule has 0 unspecified atom stereocenters. The zero-order valence-electron chi connectivity index (χ0n) is 10.1. The monoisotopic (exact) mass is 249 g/mol. The van der Waals surface area contributed by atoms with Gasteiger partial charge in [0.15, 0.2) is 5.11 Å². The molecule has 1 aromatic carbocycles. The highest BCUT2D eigenvalue weighted by Gasteiger charge is 2.13. The Morgan fingerprint density at radius 3 is 2.82 bits per heavy atom. The second kappa shape index (κ2) is 5.98. The molecule has 1 heterocycles. The number of piperidine rings is 1. The zero-order chi connectivity index (χ0) is 12.1. The van der Waals surface area contributed by atoms with Crippen LogP contribution in [0.5, 0.6) is 0 Å². The van der Waals surface area contributed by atoms with E-state index in [1.165, 1.54) is 5.56 Å². The highest BCUT2D eigenvalue weighted by molar-refractivity contribution is 7.80. The van der Waals surface area contributed by atoms with Gasteiger partial charge in [-0.25, -0.2) is 0 Å². The van der Waals surface area contributed by atoms with E-state index in [9.17, 15) is 0 Å². The van der Waals surface area contributed by atoms with Crippen LogP contribution in [0.25, 0.3) is 0 Å². The summed E-state index contributed by atoms with van der Waals surface area (Å²) in [5.41, 5.74) is 2.29. The standard InChI is InChI=1S/C13H19N3S/c1-10-3-2-4-12(9-10)16-13(17)15-11-5-7-14-8-6-11/h2-4,9,11,14H,5-8H2,1H3,(H2,15,16,17). The minimum absolute atomic E-state index is 0.501. The normalized spacial score (nSPS) is 16.5. The van der Waals surface area contributed by atoms with Crippen molar-refractivity contribution in [2.75, 3.05) is 18.4 Å². The molecular formula is C13H19N3S. The Morgan fingerprint density at radius 2 is 2.12 bits per heavy atom. The summed E-state index contributed by atoms with van der Waals surface area (Å²) < 4.78 is 0. The first-order chi connectivity index (χ1) is 8.24. The SMILES string of the molecule is Cc1cccc(NC(=S)NC2CCNCC2)c1. The Kier molecular flexibility index (Phi) is 4.34. The molecule has 3 N–H and O–H groups in total. The molecular weight excluding hydrogens is 230 g/mol. The van der Waals surface area contributed by atoms with Gasteiger partial charge in [0.2, 0.25) is 0 Å². The summed E-state index contributed by atoms with van der Waals surface area (Å²) in [5.74, 6) is 0. The second-order valence-electron chi connectivity index (χ2n) is 4.49. The minimum atomic E-state index is 0.501. The van der Waals surface area contributed by atoms with Crippen LogP contribution in [0.2, 0.25) is 0 Å². The molecule has 2 rings (SSSR count). The van der Waals surface area contributed by atoms with Gasteiger partial charge >= 0.3 is 0 Å². The van der Waals surface area contributed by atoms with E-state index in [1.54, 1.807) is 0 Å². The van der Waals surface area contributed by atoms with Gasteiger partial charge in [0.25, 0.3) is 0 Å². The topological polar surface area (TPSA) is 36.1 Å². The van der Waals surface area contributed by atoms with Gasteiger partial charge in [0, 0.05) is 11.7 Å². The van der Waals surface area contributed by atoms with Crippen molar-refractivity contribution in [3.63, 3.8) is 0 Å². The third-order valence-corrected chi connectivity index (χ3v) is 3.17. The van der Waals surface area contributed by atoms with E-state index in [2.05, 4.69) is 35.0 Å². The van der Waals surface area contributed by atoms with Crippen molar-refractivity contribution in [3.05, 3.63) is 29.8 Å². The van der Waals surface area contributed by atoms with Crippen LogP contribution in [-0.2, 0) is 0 Å². The summed E-state index contributed by atoms with van der Waals surface area (Å²) in [6.07, 6.45) is 2.27. The number of aryl methyl sites for hydroxylation is 1. The van der Waals surface area contributed by atoms with Crippen molar-refractivity contribution < 1.29 is 0 Å². The summed E-state index contributed by atoms with van der Waals surface area (Å²) in [5, 5.41) is 10.7. The number of hydrogen-bond donors (Lipinski definition) is 3. The van der Waals surface area contributed by atoms with Crippen LogP contribution in [0.15, 0.2) is 24.3 Å². The van der Waals surface area contributed by atoms with Gasteiger partial charge in [-0.3, -0.25) is 0 Å². The molecule has 1 fully saturated rings. The molecule has 0 bridgehead atoms. The van der Waals surface area contributed by atoms with E-state index < -0.39 is 0 Å². The van der Waals surface area contributed by atoms with Gasteiger partial charge in [0.05, 0.1) is 0 Å². The van der Waals surface area contributed by atoms with Crippen LogP contribution in [0.1, 0.15) is 18.4 Å². The number of benzene rings is 1. The summed E-state index contributed by atoms with van der Waals surface area (Å²) >= 11 is 5.32. The minimum Gasteiger partial charge on any atom is -0.360 e. The lowest BCUT2D eigenvalue weighted by atomic mass is 10.1. The van der Waals surface area contributed by atoms with Crippen molar-refractivity contribution >= 4 is 23.0 Å². The molecule has 1 aromatic rings. The molecule has 0 spiro atoms. The van der Waals surface area contributed by atoms with Crippen LogP contribution < -0.4 is 16.0 Å². The summed E-state index contributed by atoms with van der Waals surface area (Å²) in [7, 11) is 0. The molecule has 0 aliphatic carbocycles. The van der Waals surface area contributed by atoms with E-state index >= 15 is 0 Å². The van der Waals surface area contributed by atoms with Gasteiger partial charge in [0.1, 0.15) is 0 Å². The van der Waals surface area contributed by atoms with Crippen LogP contribution in [0.4, 0.5) is 5.69 Å². The van der Waals surface area contributed by atoms with Crippen molar-refractivity contribution in [2.24, 2.45) is 0 Å². The maximum atomic E-state index is 5.32. The van der Waals surface area contributed by atoms with Crippen molar-refractivity contribution in [1.29, 1.82) is 0 Å². The van der Waals surface area contributed by atoms with Crippen LogP contribution in [-0.4, -0.2) is 24.2 Å². The zero-order valence-corrected chi connectivity index (χ0v) is 10.9. The number of rotatable bonds is 2. The third kappa shape index (κ3) is 3.98. The largest absolute Gasteiger partial charge is 0.360 e. The molecule has 92 valence electrons. The first-order valence-electron chi connectivity index (χ1n) is 6.09. The Bertz CT molecular complexity index is 386. The van der Waals surface area contributed by atoms with Crippen LogP contribution in [0.3, 0.4) is 0 Å². The maximum Gasteiger partial charge on any atom is 0.170 e. The quantitative estimate of drug-likeness (QED) is 0.701. The molecule has 0 atom stereocenters. The molecule has 3 nitrogen and oxygen atoms in total. The lowest BCUT2D eigenvalue weighted by molar-refractivity contribution is 0.430. The van der Waals surface area contributed by atoms with Crippen LogP contribution >= 0.6 is 12.2 Å².